The molecule has 2 rings (SSSR count). The second kappa shape index (κ2) is 5.67. The molecule has 0 atom stereocenters. The third-order valence-electron chi connectivity index (χ3n) is 2.77. The minimum atomic E-state index is -1.67. The lowest BCUT2D eigenvalue weighted by molar-refractivity contribution is 0.553. The lowest BCUT2D eigenvalue weighted by Crippen LogP contribution is -2.29. The molecule has 1 aromatic heterocycles. The number of hydrogen-bond acceptors (Lipinski definition) is 3. The zero-order valence-electron chi connectivity index (χ0n) is 12.7. The SMILES string of the molecule is CC(=Nc1cccc(C)c1O[Si](C)(C)C)c1ccco1. The van der Waals surface area contributed by atoms with Gasteiger partial charge in [0.1, 0.15) is 17.2 Å². The number of furan rings is 1. The number of aliphatic imine (C=N–C) groups is 1. The van der Waals surface area contributed by atoms with Crippen LogP contribution in [-0.2, 0) is 0 Å². The molecule has 0 bridgehead atoms. The van der Waals surface area contributed by atoms with Gasteiger partial charge in [-0.1, -0.05) is 12.1 Å². The number of aryl methyl sites for hydroxylation is 1. The Bertz CT molecular complexity index is 610. The van der Waals surface area contributed by atoms with Crippen molar-refractivity contribution in [2.24, 2.45) is 4.99 Å². The fourth-order valence-corrected chi connectivity index (χ4v) is 2.76. The van der Waals surface area contributed by atoms with E-state index in [4.69, 9.17) is 8.84 Å². The molecule has 0 radical (unpaired) electrons. The average Bonchev–Trinajstić information content (AvgIpc) is 2.86. The van der Waals surface area contributed by atoms with Crippen LogP contribution in [0.1, 0.15) is 18.2 Å². The quantitative estimate of drug-likeness (QED) is 0.589. The van der Waals surface area contributed by atoms with Crippen LogP contribution in [0.2, 0.25) is 19.6 Å². The summed E-state index contributed by atoms with van der Waals surface area (Å²) < 4.78 is 11.6. The molecule has 1 heterocycles. The van der Waals surface area contributed by atoms with Crippen LogP contribution in [0.15, 0.2) is 46.0 Å². The largest absolute Gasteiger partial charge is 0.543 e. The molecule has 0 aliphatic heterocycles. The highest BCUT2D eigenvalue weighted by Crippen LogP contribution is 2.33. The van der Waals surface area contributed by atoms with Gasteiger partial charge >= 0.3 is 0 Å². The molecule has 0 saturated heterocycles. The van der Waals surface area contributed by atoms with Gasteiger partial charge < -0.3 is 8.84 Å². The Morgan fingerprint density at radius 3 is 2.50 bits per heavy atom. The van der Waals surface area contributed by atoms with Gasteiger partial charge in [0, 0.05) is 0 Å². The van der Waals surface area contributed by atoms with Crippen LogP contribution in [0.25, 0.3) is 0 Å². The molecule has 0 amide bonds. The van der Waals surface area contributed by atoms with E-state index >= 15 is 0 Å². The second-order valence-corrected chi connectivity index (χ2v) is 10.2. The maximum absolute atomic E-state index is 6.18. The Morgan fingerprint density at radius 1 is 1.15 bits per heavy atom. The summed E-state index contributed by atoms with van der Waals surface area (Å²) in [6.45, 7) is 10.5. The first kappa shape index (κ1) is 14.6. The van der Waals surface area contributed by atoms with Gasteiger partial charge in [0.2, 0.25) is 8.32 Å². The first-order valence-electron chi connectivity index (χ1n) is 6.74. The van der Waals surface area contributed by atoms with E-state index in [9.17, 15) is 0 Å². The maximum atomic E-state index is 6.18. The van der Waals surface area contributed by atoms with Crippen LogP contribution in [0.5, 0.6) is 5.75 Å². The van der Waals surface area contributed by atoms with Gasteiger partial charge in [0.15, 0.2) is 0 Å². The topological polar surface area (TPSA) is 34.7 Å². The van der Waals surface area contributed by atoms with Crippen molar-refractivity contribution in [1.29, 1.82) is 0 Å². The third-order valence-corrected chi connectivity index (χ3v) is 3.58. The number of para-hydroxylation sites is 1. The van der Waals surface area contributed by atoms with Gasteiger partial charge in [-0.25, -0.2) is 4.99 Å². The Balaban J connectivity index is 2.42. The number of rotatable bonds is 4. The van der Waals surface area contributed by atoms with Crippen LogP contribution in [0.4, 0.5) is 5.69 Å². The standard InChI is InChI=1S/C16H21NO2Si/c1-12-8-6-9-14(16(12)19-20(3,4)5)17-13(2)15-10-7-11-18-15/h6-11H,1-5H3. The Kier molecular flexibility index (Phi) is 4.14. The van der Waals surface area contributed by atoms with E-state index in [0.29, 0.717) is 0 Å². The number of hydrogen-bond donors (Lipinski definition) is 0. The van der Waals surface area contributed by atoms with E-state index in [0.717, 1.165) is 28.5 Å². The average molecular weight is 287 g/mol. The summed E-state index contributed by atoms with van der Waals surface area (Å²) in [6, 6.07) is 9.81. The molecule has 3 nitrogen and oxygen atoms in total. The van der Waals surface area contributed by atoms with Gasteiger partial charge in [-0.15, -0.1) is 0 Å². The van der Waals surface area contributed by atoms with Crippen molar-refractivity contribution in [3.05, 3.63) is 47.9 Å². The van der Waals surface area contributed by atoms with Crippen molar-refractivity contribution in [3.63, 3.8) is 0 Å². The molecular formula is C16H21NO2Si. The van der Waals surface area contributed by atoms with Crippen LogP contribution in [-0.4, -0.2) is 14.0 Å². The molecule has 0 fully saturated rings. The molecule has 0 aliphatic carbocycles. The highest BCUT2D eigenvalue weighted by Gasteiger charge is 2.19. The van der Waals surface area contributed by atoms with E-state index in [2.05, 4.69) is 37.6 Å². The molecule has 0 spiro atoms. The van der Waals surface area contributed by atoms with E-state index < -0.39 is 8.32 Å². The van der Waals surface area contributed by atoms with Crippen molar-refractivity contribution in [2.75, 3.05) is 0 Å². The zero-order valence-corrected chi connectivity index (χ0v) is 13.7. The lowest BCUT2D eigenvalue weighted by atomic mass is 10.2. The molecule has 2 aromatic rings. The monoisotopic (exact) mass is 287 g/mol. The number of nitrogens with zero attached hydrogens (tertiary/aromatic N) is 1. The maximum Gasteiger partial charge on any atom is 0.242 e. The van der Waals surface area contributed by atoms with Crippen molar-refractivity contribution < 1.29 is 8.84 Å². The predicted molar refractivity (Wildman–Crippen MR) is 85.7 cm³/mol. The fourth-order valence-electron chi connectivity index (χ4n) is 1.88. The summed E-state index contributed by atoms with van der Waals surface area (Å²) in [5, 5.41) is 0. The first-order chi connectivity index (χ1) is 9.37. The van der Waals surface area contributed by atoms with Crippen molar-refractivity contribution in [1.82, 2.24) is 0 Å². The summed E-state index contributed by atoms with van der Waals surface area (Å²) in [4.78, 5) is 4.67. The number of benzene rings is 1. The summed E-state index contributed by atoms with van der Waals surface area (Å²) in [5.41, 5.74) is 2.82. The highest BCUT2D eigenvalue weighted by molar-refractivity contribution is 6.70. The van der Waals surface area contributed by atoms with E-state index in [1.165, 1.54) is 0 Å². The van der Waals surface area contributed by atoms with Crippen molar-refractivity contribution in [2.45, 2.75) is 33.5 Å². The Hall–Kier alpha value is -1.81. The van der Waals surface area contributed by atoms with E-state index in [1.807, 2.05) is 31.2 Å². The van der Waals surface area contributed by atoms with Crippen LogP contribution >= 0.6 is 0 Å². The minimum Gasteiger partial charge on any atom is -0.543 e. The molecule has 0 aliphatic rings. The van der Waals surface area contributed by atoms with E-state index in [1.54, 1.807) is 6.26 Å². The molecule has 0 N–H and O–H groups in total. The van der Waals surface area contributed by atoms with Crippen LogP contribution in [0.3, 0.4) is 0 Å². The van der Waals surface area contributed by atoms with Crippen LogP contribution < -0.4 is 4.43 Å². The zero-order chi connectivity index (χ0) is 14.8. The third kappa shape index (κ3) is 3.60. The van der Waals surface area contributed by atoms with Gasteiger partial charge in [0.05, 0.1) is 12.0 Å². The normalized spacial score (nSPS) is 12.6. The highest BCUT2D eigenvalue weighted by atomic mass is 28.4. The summed E-state index contributed by atoms with van der Waals surface area (Å²) in [5.74, 6) is 1.67. The lowest BCUT2D eigenvalue weighted by Gasteiger charge is -2.22. The van der Waals surface area contributed by atoms with Gasteiger partial charge in [-0.05, 0) is 57.3 Å². The summed E-state index contributed by atoms with van der Waals surface area (Å²) in [6.07, 6.45) is 1.66. The van der Waals surface area contributed by atoms with Gasteiger partial charge in [-0.3, -0.25) is 0 Å². The summed E-state index contributed by atoms with van der Waals surface area (Å²) >= 11 is 0. The van der Waals surface area contributed by atoms with Crippen molar-refractivity contribution in [3.8, 4) is 5.75 Å². The predicted octanol–water partition coefficient (Wildman–Crippen LogP) is 4.94. The molecular weight excluding hydrogens is 266 g/mol. The first-order valence-corrected chi connectivity index (χ1v) is 10.2. The molecule has 106 valence electrons. The van der Waals surface area contributed by atoms with Gasteiger partial charge in [0.25, 0.3) is 0 Å². The van der Waals surface area contributed by atoms with Crippen molar-refractivity contribution >= 4 is 19.7 Å². The molecule has 20 heavy (non-hydrogen) atoms. The Morgan fingerprint density at radius 2 is 1.90 bits per heavy atom. The molecule has 0 saturated carbocycles. The molecule has 0 unspecified atom stereocenters. The molecule has 4 heteroatoms. The van der Waals surface area contributed by atoms with E-state index in [-0.39, 0.29) is 0 Å². The van der Waals surface area contributed by atoms with Gasteiger partial charge in [-0.2, -0.15) is 0 Å². The minimum absolute atomic E-state index is 0.783. The fraction of sp³-hybridized carbons (Fsp3) is 0.312. The molecule has 1 aromatic carbocycles. The summed E-state index contributed by atoms with van der Waals surface area (Å²) in [7, 11) is -1.67. The second-order valence-electron chi connectivity index (χ2n) is 5.81. The smallest absolute Gasteiger partial charge is 0.242 e. The van der Waals surface area contributed by atoms with Crippen LogP contribution in [0, 0.1) is 6.92 Å². The Labute approximate surface area is 121 Å².